The first-order valence-electron chi connectivity index (χ1n) is 11.4. The number of oxazole rings is 1. The highest BCUT2D eigenvalue weighted by molar-refractivity contribution is 6.15. The molecule has 0 unspecified atom stereocenters. The molecule has 31 heavy (non-hydrogen) atoms. The Morgan fingerprint density at radius 2 is 1.90 bits per heavy atom. The van der Waals surface area contributed by atoms with Crippen LogP contribution >= 0.6 is 0 Å². The molecule has 0 spiro atoms. The molecule has 2 heterocycles. The van der Waals surface area contributed by atoms with E-state index in [0.29, 0.717) is 12.3 Å². The van der Waals surface area contributed by atoms with Crippen molar-refractivity contribution in [1.29, 1.82) is 0 Å². The number of Topliss-reactive ketones (excluding diaryl/α,β-unsaturated/α-hetero) is 1. The minimum absolute atomic E-state index is 0.265. The number of carbonyl (C=O) groups excluding carboxylic acids is 1. The number of rotatable bonds is 8. The van der Waals surface area contributed by atoms with Crippen molar-refractivity contribution in [2.45, 2.75) is 46.1 Å². The second-order valence-corrected chi connectivity index (χ2v) is 8.36. The van der Waals surface area contributed by atoms with Gasteiger partial charge in [0, 0.05) is 45.9 Å². The molecule has 0 saturated heterocycles. The van der Waals surface area contributed by atoms with Crippen LogP contribution in [0.2, 0.25) is 0 Å². The van der Waals surface area contributed by atoms with Crippen molar-refractivity contribution < 1.29 is 9.21 Å². The van der Waals surface area contributed by atoms with E-state index in [4.69, 9.17) is 4.42 Å². The first-order chi connectivity index (χ1) is 15.2. The Morgan fingerprint density at radius 3 is 2.68 bits per heavy atom. The highest BCUT2D eigenvalue weighted by atomic mass is 16.3. The molecule has 5 nitrogen and oxygen atoms in total. The highest BCUT2D eigenvalue weighted by Gasteiger charge is 2.25. The lowest BCUT2D eigenvalue weighted by molar-refractivity contribution is 0.0994. The van der Waals surface area contributed by atoms with E-state index in [2.05, 4.69) is 52.6 Å². The van der Waals surface area contributed by atoms with E-state index in [0.717, 1.165) is 50.1 Å². The lowest BCUT2D eigenvalue weighted by atomic mass is 10.0. The van der Waals surface area contributed by atoms with E-state index in [1.54, 1.807) is 12.5 Å². The summed E-state index contributed by atoms with van der Waals surface area (Å²) in [7, 11) is 0. The fourth-order valence-corrected chi connectivity index (χ4v) is 5.04. The van der Waals surface area contributed by atoms with Gasteiger partial charge in [-0.25, -0.2) is 4.98 Å². The number of nitrogens with zero attached hydrogens (tertiary/aromatic N) is 3. The fraction of sp³-hybridized carbons (Fsp3) is 0.385. The molecule has 0 radical (unpaired) electrons. The molecule has 1 aliphatic rings. The Kier molecular flexibility index (Phi) is 5.36. The second kappa shape index (κ2) is 8.31. The van der Waals surface area contributed by atoms with Crippen LogP contribution in [-0.4, -0.2) is 39.9 Å². The van der Waals surface area contributed by atoms with Gasteiger partial charge in [-0.1, -0.05) is 13.8 Å². The number of ketones is 1. The summed E-state index contributed by atoms with van der Waals surface area (Å²) in [5.74, 6) is 0.895. The Bertz CT molecular complexity index is 1230. The van der Waals surface area contributed by atoms with E-state index >= 15 is 0 Å². The molecule has 0 amide bonds. The Balaban J connectivity index is 1.58. The van der Waals surface area contributed by atoms with E-state index in [1.807, 2.05) is 6.07 Å². The maximum atomic E-state index is 12.4. The smallest absolute Gasteiger partial charge is 0.225 e. The first-order valence-corrected chi connectivity index (χ1v) is 11.4. The largest absolute Gasteiger partial charge is 0.445 e. The number of aromatic nitrogens is 2. The monoisotopic (exact) mass is 415 g/mol. The second-order valence-electron chi connectivity index (χ2n) is 8.36. The summed E-state index contributed by atoms with van der Waals surface area (Å²) >= 11 is 0. The van der Waals surface area contributed by atoms with Crippen molar-refractivity contribution in [3.05, 3.63) is 53.9 Å². The number of benzene rings is 2. The zero-order chi connectivity index (χ0) is 21.4. The summed E-state index contributed by atoms with van der Waals surface area (Å²) in [6, 6.07) is 10.6. The summed E-state index contributed by atoms with van der Waals surface area (Å²) in [5.41, 5.74) is 5.53. The summed E-state index contributed by atoms with van der Waals surface area (Å²) in [4.78, 5) is 19.2. The van der Waals surface area contributed by atoms with Gasteiger partial charge in [0.1, 0.15) is 6.26 Å². The van der Waals surface area contributed by atoms with Gasteiger partial charge in [0.25, 0.3) is 0 Å². The molecule has 0 aliphatic heterocycles. The average molecular weight is 416 g/mol. The Hall–Kier alpha value is -2.92. The number of hydrogen-bond donors (Lipinski definition) is 0. The molecule has 5 heteroatoms. The predicted molar refractivity (Wildman–Crippen MR) is 125 cm³/mol. The van der Waals surface area contributed by atoms with Gasteiger partial charge in [0.05, 0.1) is 6.20 Å². The number of aryl methyl sites for hydroxylation is 2. The van der Waals surface area contributed by atoms with Gasteiger partial charge < -0.3 is 13.9 Å². The Morgan fingerprint density at radius 1 is 1.06 bits per heavy atom. The SMILES string of the molecule is CCN(CC)CCCCn1c2ccc(-c3ncco3)cc2c2c3c(ccc21)C(=O)CC3. The first kappa shape index (κ1) is 20.0. The molecule has 0 saturated carbocycles. The summed E-state index contributed by atoms with van der Waals surface area (Å²) in [6.07, 6.45) is 7.04. The summed E-state index contributed by atoms with van der Waals surface area (Å²) in [5, 5.41) is 2.43. The molecule has 0 fully saturated rings. The van der Waals surface area contributed by atoms with Crippen molar-refractivity contribution in [3.63, 3.8) is 0 Å². The highest BCUT2D eigenvalue weighted by Crippen LogP contribution is 2.38. The quantitative estimate of drug-likeness (QED) is 0.346. The Labute approximate surface area is 182 Å². The van der Waals surface area contributed by atoms with Gasteiger partial charge in [-0.2, -0.15) is 0 Å². The zero-order valence-electron chi connectivity index (χ0n) is 18.4. The molecule has 0 bridgehead atoms. The zero-order valence-corrected chi connectivity index (χ0v) is 18.4. The van der Waals surface area contributed by atoms with E-state index < -0.39 is 0 Å². The summed E-state index contributed by atoms with van der Waals surface area (Å²) in [6.45, 7) is 8.79. The average Bonchev–Trinajstić information content (AvgIpc) is 3.52. The number of unbranched alkanes of at least 4 members (excludes halogenated alkanes) is 1. The van der Waals surface area contributed by atoms with E-state index in [-0.39, 0.29) is 5.78 Å². The molecule has 5 rings (SSSR count). The maximum Gasteiger partial charge on any atom is 0.225 e. The van der Waals surface area contributed by atoms with Crippen molar-refractivity contribution in [2.24, 2.45) is 0 Å². The molecule has 4 aromatic rings. The van der Waals surface area contributed by atoms with Crippen LogP contribution in [0.15, 0.2) is 47.2 Å². The predicted octanol–water partition coefficient (Wildman–Crippen LogP) is 5.70. The third-order valence-corrected chi connectivity index (χ3v) is 6.72. The standard InChI is InChI=1S/C26H29N3O2/c1-3-28(4-2)14-5-6-15-29-22-10-7-18(26-27-13-16-31-26)17-21(22)25-20-9-12-24(30)19(20)8-11-23(25)29/h7-8,10-11,13,16-17H,3-6,9,12,14-15H2,1-2H3. The molecule has 0 atom stereocenters. The number of carbonyl (C=O) groups is 1. The van der Waals surface area contributed by atoms with Gasteiger partial charge in [-0.3, -0.25) is 4.79 Å². The van der Waals surface area contributed by atoms with Crippen LogP contribution in [0, 0.1) is 0 Å². The van der Waals surface area contributed by atoms with Crippen LogP contribution in [0.3, 0.4) is 0 Å². The van der Waals surface area contributed by atoms with Crippen LogP contribution in [0.5, 0.6) is 0 Å². The number of fused-ring (bicyclic) bond motifs is 5. The third-order valence-electron chi connectivity index (χ3n) is 6.72. The normalized spacial score (nSPS) is 13.7. The lowest BCUT2D eigenvalue weighted by Gasteiger charge is -2.17. The van der Waals surface area contributed by atoms with Gasteiger partial charge in [-0.15, -0.1) is 0 Å². The van der Waals surface area contributed by atoms with Crippen molar-refractivity contribution in [2.75, 3.05) is 19.6 Å². The van der Waals surface area contributed by atoms with Gasteiger partial charge in [0.2, 0.25) is 5.89 Å². The van der Waals surface area contributed by atoms with Gasteiger partial charge in [-0.05, 0) is 74.8 Å². The van der Waals surface area contributed by atoms with E-state index in [1.165, 1.54) is 33.8 Å². The van der Waals surface area contributed by atoms with E-state index in [9.17, 15) is 4.79 Å². The summed E-state index contributed by atoms with van der Waals surface area (Å²) < 4.78 is 7.98. The molecule has 0 N–H and O–H groups in total. The van der Waals surface area contributed by atoms with Crippen LogP contribution < -0.4 is 0 Å². The molecular weight excluding hydrogens is 386 g/mol. The molecule has 2 aromatic heterocycles. The molecule has 160 valence electrons. The lowest BCUT2D eigenvalue weighted by Crippen LogP contribution is -2.24. The maximum absolute atomic E-state index is 12.4. The van der Waals surface area contributed by atoms with Gasteiger partial charge in [0.15, 0.2) is 5.78 Å². The van der Waals surface area contributed by atoms with Crippen molar-refractivity contribution in [3.8, 4) is 11.5 Å². The van der Waals surface area contributed by atoms with Crippen LogP contribution in [0.4, 0.5) is 0 Å². The minimum atomic E-state index is 0.265. The van der Waals surface area contributed by atoms with Crippen molar-refractivity contribution in [1.82, 2.24) is 14.5 Å². The fourth-order valence-electron chi connectivity index (χ4n) is 5.04. The molecular formula is C26H29N3O2. The topological polar surface area (TPSA) is 51.3 Å². The van der Waals surface area contributed by atoms with Crippen LogP contribution in [-0.2, 0) is 13.0 Å². The molecule has 1 aliphatic carbocycles. The number of hydrogen-bond acceptors (Lipinski definition) is 4. The van der Waals surface area contributed by atoms with Crippen LogP contribution in [0.1, 0.15) is 49.0 Å². The third kappa shape index (κ3) is 3.47. The van der Waals surface area contributed by atoms with Gasteiger partial charge >= 0.3 is 0 Å². The molecule has 2 aromatic carbocycles. The van der Waals surface area contributed by atoms with Crippen LogP contribution in [0.25, 0.3) is 33.3 Å². The minimum Gasteiger partial charge on any atom is -0.445 e. The van der Waals surface area contributed by atoms with Crippen molar-refractivity contribution >= 4 is 27.6 Å².